The molecule has 0 atom stereocenters. The topological polar surface area (TPSA) is 29.1 Å². The van der Waals surface area contributed by atoms with Gasteiger partial charge >= 0.3 is 0 Å². The molecule has 0 bridgehead atoms. The van der Waals surface area contributed by atoms with Crippen LogP contribution in [0.2, 0.25) is 5.02 Å². The van der Waals surface area contributed by atoms with Crippen LogP contribution >= 0.6 is 27.5 Å². The zero-order valence-corrected chi connectivity index (χ0v) is 12.3. The number of aryl methyl sites for hydroxylation is 1. The van der Waals surface area contributed by atoms with Gasteiger partial charge in [-0.1, -0.05) is 33.6 Å². The lowest BCUT2D eigenvalue weighted by molar-refractivity contribution is 0.102. The molecule has 0 aliphatic heterocycles. The summed E-state index contributed by atoms with van der Waals surface area (Å²) in [5, 5.41) is 3.16. The fourth-order valence-electron chi connectivity index (χ4n) is 1.54. The van der Waals surface area contributed by atoms with E-state index in [2.05, 4.69) is 21.2 Å². The molecule has 0 fully saturated rings. The monoisotopic (exact) mass is 341 g/mol. The number of carbonyl (C=O) groups excluding carboxylic acids is 1. The predicted molar refractivity (Wildman–Crippen MR) is 78.2 cm³/mol. The first-order chi connectivity index (χ1) is 8.97. The first kappa shape index (κ1) is 14.0. The molecule has 2 rings (SSSR count). The molecule has 19 heavy (non-hydrogen) atoms. The molecule has 2 aromatic rings. The van der Waals surface area contributed by atoms with Crippen molar-refractivity contribution in [3.8, 4) is 0 Å². The third-order valence-electron chi connectivity index (χ3n) is 2.61. The van der Waals surface area contributed by atoms with Crippen LogP contribution in [0.25, 0.3) is 0 Å². The molecule has 0 radical (unpaired) electrons. The standard InChI is InChI=1S/C14H10BrClFNO/c1-8-2-4-10(7-12(8)16)18-14(19)11-5-3-9(15)6-13(11)17/h2-7H,1H3,(H,18,19). The van der Waals surface area contributed by atoms with Gasteiger partial charge in [0, 0.05) is 15.2 Å². The molecule has 0 heterocycles. The molecule has 2 aromatic carbocycles. The molecule has 0 aliphatic rings. The van der Waals surface area contributed by atoms with Crippen LogP contribution in [0.3, 0.4) is 0 Å². The molecular formula is C14H10BrClFNO. The number of benzene rings is 2. The van der Waals surface area contributed by atoms with E-state index in [1.165, 1.54) is 12.1 Å². The van der Waals surface area contributed by atoms with Gasteiger partial charge in [-0.15, -0.1) is 0 Å². The minimum atomic E-state index is -0.579. The third-order valence-corrected chi connectivity index (χ3v) is 3.51. The highest BCUT2D eigenvalue weighted by atomic mass is 79.9. The molecule has 2 nitrogen and oxygen atoms in total. The minimum absolute atomic E-state index is 0.0140. The Bertz CT molecular complexity index is 645. The van der Waals surface area contributed by atoms with Crippen LogP contribution in [0.15, 0.2) is 40.9 Å². The van der Waals surface area contributed by atoms with E-state index < -0.39 is 11.7 Å². The summed E-state index contributed by atoms with van der Waals surface area (Å²) in [7, 11) is 0. The van der Waals surface area contributed by atoms with Gasteiger partial charge in [0.1, 0.15) is 5.82 Å². The van der Waals surface area contributed by atoms with E-state index in [1.807, 2.05) is 6.92 Å². The normalized spacial score (nSPS) is 10.3. The van der Waals surface area contributed by atoms with Gasteiger partial charge in [0.05, 0.1) is 5.56 Å². The Morgan fingerprint density at radius 1 is 1.26 bits per heavy atom. The highest BCUT2D eigenvalue weighted by Crippen LogP contribution is 2.21. The van der Waals surface area contributed by atoms with Crippen molar-refractivity contribution in [1.82, 2.24) is 0 Å². The van der Waals surface area contributed by atoms with Crippen molar-refractivity contribution in [2.75, 3.05) is 5.32 Å². The van der Waals surface area contributed by atoms with Crippen LogP contribution in [0.4, 0.5) is 10.1 Å². The zero-order chi connectivity index (χ0) is 14.0. The van der Waals surface area contributed by atoms with Gasteiger partial charge in [0.2, 0.25) is 0 Å². The van der Waals surface area contributed by atoms with Crippen LogP contribution in [0.1, 0.15) is 15.9 Å². The number of nitrogens with one attached hydrogen (secondary N) is 1. The Morgan fingerprint density at radius 2 is 2.00 bits per heavy atom. The summed E-state index contributed by atoms with van der Waals surface area (Å²) >= 11 is 9.10. The minimum Gasteiger partial charge on any atom is -0.322 e. The summed E-state index contributed by atoms with van der Waals surface area (Å²) in [4.78, 5) is 11.9. The van der Waals surface area contributed by atoms with E-state index in [4.69, 9.17) is 11.6 Å². The third kappa shape index (κ3) is 3.33. The molecule has 0 aliphatic carbocycles. The quantitative estimate of drug-likeness (QED) is 0.834. The number of rotatable bonds is 2. The smallest absolute Gasteiger partial charge is 0.258 e. The molecule has 1 N–H and O–H groups in total. The zero-order valence-electron chi connectivity index (χ0n) is 10.0. The first-order valence-corrected chi connectivity index (χ1v) is 6.67. The summed E-state index contributed by atoms with van der Waals surface area (Å²) in [6.45, 7) is 1.86. The summed E-state index contributed by atoms with van der Waals surface area (Å²) in [6.07, 6.45) is 0. The lowest BCUT2D eigenvalue weighted by Crippen LogP contribution is -2.13. The average Bonchev–Trinajstić information content (AvgIpc) is 2.33. The fraction of sp³-hybridized carbons (Fsp3) is 0.0714. The molecule has 5 heteroatoms. The number of hydrogen-bond acceptors (Lipinski definition) is 1. The maximum Gasteiger partial charge on any atom is 0.258 e. The molecule has 98 valence electrons. The second-order valence-electron chi connectivity index (χ2n) is 4.04. The first-order valence-electron chi connectivity index (χ1n) is 5.50. The van der Waals surface area contributed by atoms with Crippen molar-refractivity contribution in [2.45, 2.75) is 6.92 Å². The van der Waals surface area contributed by atoms with Crippen LogP contribution < -0.4 is 5.32 Å². The fourth-order valence-corrected chi connectivity index (χ4v) is 2.06. The maximum atomic E-state index is 13.6. The van der Waals surface area contributed by atoms with E-state index in [0.717, 1.165) is 5.56 Å². The molecule has 0 unspecified atom stereocenters. The van der Waals surface area contributed by atoms with E-state index in [0.29, 0.717) is 15.2 Å². The van der Waals surface area contributed by atoms with Crippen molar-refractivity contribution < 1.29 is 9.18 Å². The highest BCUT2D eigenvalue weighted by molar-refractivity contribution is 9.10. The van der Waals surface area contributed by atoms with Gasteiger partial charge in [0.25, 0.3) is 5.91 Å². The Balaban J connectivity index is 2.23. The van der Waals surface area contributed by atoms with Gasteiger partial charge < -0.3 is 5.32 Å². The van der Waals surface area contributed by atoms with Crippen molar-refractivity contribution in [3.63, 3.8) is 0 Å². The highest BCUT2D eigenvalue weighted by Gasteiger charge is 2.12. The Labute approximate surface area is 123 Å². The molecule has 0 aromatic heterocycles. The van der Waals surface area contributed by atoms with Gasteiger partial charge in [-0.05, 0) is 42.8 Å². The number of amides is 1. The second-order valence-corrected chi connectivity index (χ2v) is 5.37. The molecular weight excluding hydrogens is 333 g/mol. The summed E-state index contributed by atoms with van der Waals surface area (Å²) in [5.41, 5.74) is 1.43. The van der Waals surface area contributed by atoms with Crippen LogP contribution in [0, 0.1) is 12.7 Å². The van der Waals surface area contributed by atoms with E-state index in [1.54, 1.807) is 24.3 Å². The van der Waals surface area contributed by atoms with E-state index >= 15 is 0 Å². The molecule has 0 saturated heterocycles. The summed E-state index contributed by atoms with van der Waals surface area (Å²) in [6, 6.07) is 9.42. The van der Waals surface area contributed by atoms with Gasteiger partial charge in [-0.25, -0.2) is 4.39 Å². The Hall–Kier alpha value is -1.39. The summed E-state index contributed by atoms with van der Waals surface area (Å²) in [5.74, 6) is -1.09. The Kier molecular flexibility index (Phi) is 4.22. The van der Waals surface area contributed by atoms with Crippen molar-refractivity contribution in [1.29, 1.82) is 0 Å². The summed E-state index contributed by atoms with van der Waals surface area (Å²) < 4.78 is 14.2. The lowest BCUT2D eigenvalue weighted by atomic mass is 10.2. The van der Waals surface area contributed by atoms with Gasteiger partial charge in [-0.2, -0.15) is 0 Å². The lowest BCUT2D eigenvalue weighted by Gasteiger charge is -2.07. The van der Waals surface area contributed by atoms with Crippen LogP contribution in [-0.4, -0.2) is 5.91 Å². The maximum absolute atomic E-state index is 13.6. The van der Waals surface area contributed by atoms with Crippen LogP contribution in [0.5, 0.6) is 0 Å². The number of carbonyl (C=O) groups is 1. The van der Waals surface area contributed by atoms with E-state index in [-0.39, 0.29) is 5.56 Å². The second kappa shape index (κ2) is 5.72. The molecule has 0 spiro atoms. The van der Waals surface area contributed by atoms with Gasteiger partial charge in [0.15, 0.2) is 0 Å². The van der Waals surface area contributed by atoms with Crippen molar-refractivity contribution in [2.24, 2.45) is 0 Å². The SMILES string of the molecule is Cc1ccc(NC(=O)c2ccc(Br)cc2F)cc1Cl. The number of hydrogen-bond donors (Lipinski definition) is 1. The van der Waals surface area contributed by atoms with E-state index in [9.17, 15) is 9.18 Å². The largest absolute Gasteiger partial charge is 0.322 e. The van der Waals surface area contributed by atoms with Crippen molar-refractivity contribution >= 4 is 39.1 Å². The number of halogens is 3. The molecule has 0 saturated carbocycles. The Morgan fingerprint density at radius 3 is 2.63 bits per heavy atom. The average molecular weight is 343 g/mol. The van der Waals surface area contributed by atoms with Gasteiger partial charge in [-0.3, -0.25) is 4.79 Å². The number of anilines is 1. The predicted octanol–water partition coefficient (Wildman–Crippen LogP) is 4.80. The van der Waals surface area contributed by atoms with Crippen LogP contribution in [-0.2, 0) is 0 Å². The molecule has 1 amide bonds. The van der Waals surface area contributed by atoms with Crippen molar-refractivity contribution in [3.05, 3.63) is 62.8 Å².